The third-order valence-electron chi connectivity index (χ3n) is 3.75. The maximum absolute atomic E-state index is 12.8. The van der Waals surface area contributed by atoms with Crippen LogP contribution in [0.2, 0.25) is 5.02 Å². The Bertz CT molecular complexity index is 950. The van der Waals surface area contributed by atoms with Gasteiger partial charge in [0.1, 0.15) is 0 Å². The molecule has 0 atom stereocenters. The fourth-order valence-electron chi connectivity index (χ4n) is 2.47. The lowest BCUT2D eigenvalue weighted by Gasteiger charge is -2.10. The molecule has 0 fully saturated rings. The topological polar surface area (TPSA) is 46.2 Å². The van der Waals surface area contributed by atoms with Gasteiger partial charge in [-0.3, -0.25) is 9.59 Å². The number of nitrogens with one attached hydrogen (secondary N) is 1. The molecule has 26 heavy (non-hydrogen) atoms. The molecule has 0 heterocycles. The van der Waals surface area contributed by atoms with Crippen molar-refractivity contribution in [2.24, 2.45) is 0 Å². The van der Waals surface area contributed by atoms with Crippen LogP contribution in [-0.2, 0) is 4.79 Å². The average Bonchev–Trinajstić information content (AvgIpc) is 2.69. The molecule has 1 N–H and O–H groups in total. The first-order valence-electron chi connectivity index (χ1n) is 8.07. The van der Waals surface area contributed by atoms with E-state index in [0.717, 1.165) is 5.56 Å². The summed E-state index contributed by atoms with van der Waals surface area (Å²) in [5.41, 5.74) is 2.22. The van der Waals surface area contributed by atoms with Crippen LogP contribution in [0.1, 0.15) is 21.5 Å². The Balaban J connectivity index is 1.83. The SMILES string of the molecule is O=C(/C=C\c1ccccc1)Nc1ccc(Cl)cc1C(=O)c1ccccc1. The largest absolute Gasteiger partial charge is 0.322 e. The second-order valence-corrected chi connectivity index (χ2v) is 6.05. The molecular weight excluding hydrogens is 346 g/mol. The number of carbonyl (C=O) groups is 2. The van der Waals surface area contributed by atoms with Crippen molar-refractivity contribution in [3.8, 4) is 0 Å². The number of hydrogen-bond acceptors (Lipinski definition) is 2. The molecule has 3 aromatic carbocycles. The van der Waals surface area contributed by atoms with Gasteiger partial charge in [-0.1, -0.05) is 72.3 Å². The highest BCUT2D eigenvalue weighted by Crippen LogP contribution is 2.24. The van der Waals surface area contributed by atoms with Gasteiger partial charge < -0.3 is 5.32 Å². The second-order valence-electron chi connectivity index (χ2n) is 5.62. The predicted molar refractivity (Wildman–Crippen MR) is 105 cm³/mol. The third kappa shape index (κ3) is 4.47. The molecule has 0 aliphatic carbocycles. The van der Waals surface area contributed by atoms with E-state index in [9.17, 15) is 9.59 Å². The van der Waals surface area contributed by atoms with Gasteiger partial charge in [-0.05, 0) is 29.8 Å². The van der Waals surface area contributed by atoms with Gasteiger partial charge in [-0.25, -0.2) is 0 Å². The van der Waals surface area contributed by atoms with Gasteiger partial charge in [0.25, 0.3) is 0 Å². The van der Waals surface area contributed by atoms with Crippen molar-refractivity contribution in [3.05, 3.63) is 107 Å². The van der Waals surface area contributed by atoms with Gasteiger partial charge in [0, 0.05) is 22.2 Å². The van der Waals surface area contributed by atoms with Crippen LogP contribution < -0.4 is 5.32 Å². The highest BCUT2D eigenvalue weighted by atomic mass is 35.5. The van der Waals surface area contributed by atoms with Gasteiger partial charge >= 0.3 is 0 Å². The fourth-order valence-corrected chi connectivity index (χ4v) is 2.64. The minimum Gasteiger partial charge on any atom is -0.322 e. The summed E-state index contributed by atoms with van der Waals surface area (Å²) in [5.74, 6) is -0.520. The lowest BCUT2D eigenvalue weighted by Crippen LogP contribution is -2.12. The lowest BCUT2D eigenvalue weighted by atomic mass is 10.0. The number of carbonyl (C=O) groups excluding carboxylic acids is 2. The van der Waals surface area contributed by atoms with Crippen molar-refractivity contribution >= 4 is 35.1 Å². The normalized spacial score (nSPS) is 10.7. The molecule has 0 spiro atoms. The first-order chi connectivity index (χ1) is 12.6. The average molecular weight is 362 g/mol. The van der Waals surface area contributed by atoms with Crippen LogP contribution in [0.15, 0.2) is 84.9 Å². The Morgan fingerprint density at radius 3 is 2.19 bits per heavy atom. The van der Waals surface area contributed by atoms with Crippen molar-refractivity contribution in [1.82, 2.24) is 0 Å². The number of halogens is 1. The molecule has 0 saturated heterocycles. The molecule has 1 amide bonds. The van der Waals surface area contributed by atoms with E-state index >= 15 is 0 Å². The number of ketones is 1. The quantitative estimate of drug-likeness (QED) is 0.500. The summed E-state index contributed by atoms with van der Waals surface area (Å²) in [6.07, 6.45) is 3.14. The monoisotopic (exact) mass is 361 g/mol. The molecule has 3 rings (SSSR count). The summed E-state index contributed by atoms with van der Waals surface area (Å²) >= 11 is 6.05. The van der Waals surface area contributed by atoms with Crippen molar-refractivity contribution in [1.29, 1.82) is 0 Å². The number of anilines is 1. The predicted octanol–water partition coefficient (Wildman–Crippen LogP) is 5.22. The van der Waals surface area contributed by atoms with Crippen LogP contribution in [0.3, 0.4) is 0 Å². The molecule has 128 valence electrons. The molecule has 0 aliphatic heterocycles. The summed E-state index contributed by atoms with van der Waals surface area (Å²) in [6.45, 7) is 0. The molecule has 3 nitrogen and oxygen atoms in total. The van der Waals surface area contributed by atoms with Gasteiger partial charge in [0.15, 0.2) is 5.78 Å². The number of amides is 1. The van der Waals surface area contributed by atoms with Crippen LogP contribution in [0.25, 0.3) is 6.08 Å². The summed E-state index contributed by atoms with van der Waals surface area (Å²) < 4.78 is 0. The molecule has 3 aromatic rings. The molecule has 0 unspecified atom stereocenters. The van der Waals surface area contributed by atoms with Crippen LogP contribution >= 0.6 is 11.6 Å². The highest BCUT2D eigenvalue weighted by Gasteiger charge is 2.15. The smallest absolute Gasteiger partial charge is 0.248 e. The molecule has 0 saturated carbocycles. The fraction of sp³-hybridized carbons (Fsp3) is 0. The number of rotatable bonds is 5. The van der Waals surface area contributed by atoms with E-state index in [1.165, 1.54) is 6.08 Å². The van der Waals surface area contributed by atoms with E-state index < -0.39 is 0 Å². The lowest BCUT2D eigenvalue weighted by molar-refractivity contribution is -0.111. The van der Waals surface area contributed by atoms with Crippen LogP contribution in [0, 0.1) is 0 Å². The molecule has 4 heteroatoms. The Morgan fingerprint density at radius 2 is 1.50 bits per heavy atom. The van der Waals surface area contributed by atoms with Gasteiger partial charge in [-0.15, -0.1) is 0 Å². The molecular formula is C22H16ClNO2. The zero-order valence-electron chi connectivity index (χ0n) is 13.9. The van der Waals surface area contributed by atoms with E-state index in [-0.39, 0.29) is 11.7 Å². The Hall–Kier alpha value is -3.17. The van der Waals surface area contributed by atoms with Gasteiger partial charge in [-0.2, -0.15) is 0 Å². The van der Waals surface area contributed by atoms with Crippen molar-refractivity contribution in [3.63, 3.8) is 0 Å². The number of hydrogen-bond donors (Lipinski definition) is 1. The van der Waals surface area contributed by atoms with E-state index in [0.29, 0.717) is 21.8 Å². The standard InChI is InChI=1S/C22H16ClNO2/c23-18-12-13-20(19(15-18)22(26)17-9-5-2-6-10-17)24-21(25)14-11-16-7-3-1-4-8-16/h1-15H,(H,24,25)/b14-11-. The Morgan fingerprint density at radius 1 is 0.846 bits per heavy atom. The summed E-state index contributed by atoms with van der Waals surface area (Å²) in [5, 5.41) is 3.19. The van der Waals surface area contributed by atoms with Crippen LogP contribution in [0.4, 0.5) is 5.69 Å². The molecule has 0 aromatic heterocycles. The van der Waals surface area contributed by atoms with Crippen molar-refractivity contribution < 1.29 is 9.59 Å². The first kappa shape index (κ1) is 17.6. The van der Waals surface area contributed by atoms with Crippen molar-refractivity contribution in [2.75, 3.05) is 5.32 Å². The van der Waals surface area contributed by atoms with E-state index in [1.54, 1.807) is 48.5 Å². The van der Waals surface area contributed by atoms with E-state index in [4.69, 9.17) is 11.6 Å². The number of benzene rings is 3. The zero-order valence-corrected chi connectivity index (χ0v) is 14.6. The Kier molecular flexibility index (Phi) is 5.62. The van der Waals surface area contributed by atoms with Crippen LogP contribution in [0.5, 0.6) is 0 Å². The minimum absolute atomic E-state index is 0.199. The van der Waals surface area contributed by atoms with E-state index in [2.05, 4.69) is 5.32 Å². The molecule has 0 radical (unpaired) electrons. The summed E-state index contributed by atoms with van der Waals surface area (Å²) in [6, 6.07) is 23.2. The molecule has 0 aliphatic rings. The third-order valence-corrected chi connectivity index (χ3v) is 3.98. The van der Waals surface area contributed by atoms with Gasteiger partial charge in [0.05, 0.1) is 5.69 Å². The minimum atomic E-state index is -0.321. The van der Waals surface area contributed by atoms with Gasteiger partial charge in [0.2, 0.25) is 5.91 Å². The first-order valence-corrected chi connectivity index (χ1v) is 8.45. The Labute approximate surface area is 156 Å². The summed E-state index contributed by atoms with van der Waals surface area (Å²) in [7, 11) is 0. The maximum atomic E-state index is 12.8. The molecule has 0 bridgehead atoms. The maximum Gasteiger partial charge on any atom is 0.248 e. The van der Waals surface area contributed by atoms with Crippen LogP contribution in [-0.4, -0.2) is 11.7 Å². The zero-order chi connectivity index (χ0) is 18.4. The second kappa shape index (κ2) is 8.28. The summed E-state index contributed by atoms with van der Waals surface area (Å²) in [4.78, 5) is 25.0. The van der Waals surface area contributed by atoms with E-state index in [1.807, 2.05) is 36.4 Å². The highest BCUT2D eigenvalue weighted by molar-refractivity contribution is 6.31. The van der Waals surface area contributed by atoms with Crippen molar-refractivity contribution in [2.45, 2.75) is 0 Å².